The molecule has 1 N–H and O–H groups in total. The molecule has 170 valence electrons. The van der Waals surface area contributed by atoms with Crippen molar-refractivity contribution < 1.29 is 19.4 Å². The van der Waals surface area contributed by atoms with Crippen molar-refractivity contribution in [3.63, 3.8) is 0 Å². The molecule has 4 heteroatoms. The van der Waals surface area contributed by atoms with Crippen molar-refractivity contribution in [3.05, 3.63) is 0 Å². The Bertz CT molecular complexity index is 689. The van der Waals surface area contributed by atoms with Crippen molar-refractivity contribution in [2.45, 2.75) is 91.6 Å². The van der Waals surface area contributed by atoms with E-state index in [1.165, 1.54) is 13.5 Å². The van der Waals surface area contributed by atoms with Gasteiger partial charge in [-0.2, -0.15) is 0 Å². The first-order valence-corrected chi connectivity index (χ1v) is 12.5. The molecule has 0 aliphatic heterocycles. The number of carbonyl (C=O) groups excluding carboxylic acids is 2. The summed E-state index contributed by atoms with van der Waals surface area (Å²) >= 11 is 0. The minimum absolute atomic E-state index is 0.111. The van der Waals surface area contributed by atoms with Crippen LogP contribution in [0.4, 0.5) is 0 Å². The summed E-state index contributed by atoms with van der Waals surface area (Å²) in [7, 11) is 1.48. The zero-order valence-corrected chi connectivity index (χ0v) is 19.7. The Morgan fingerprint density at radius 3 is 2.43 bits per heavy atom. The highest BCUT2D eigenvalue weighted by Crippen LogP contribution is 2.68. The molecule has 0 radical (unpaired) electrons. The van der Waals surface area contributed by atoms with Crippen molar-refractivity contribution in [1.29, 1.82) is 0 Å². The van der Waals surface area contributed by atoms with Gasteiger partial charge in [0.15, 0.2) is 0 Å². The molecule has 4 saturated carbocycles. The van der Waals surface area contributed by atoms with E-state index in [0.29, 0.717) is 41.8 Å². The molecule has 0 heterocycles. The topological polar surface area (TPSA) is 63.6 Å². The monoisotopic (exact) mass is 418 g/mol. The highest BCUT2D eigenvalue weighted by Gasteiger charge is 2.65. The van der Waals surface area contributed by atoms with Gasteiger partial charge in [-0.05, 0) is 91.8 Å². The molecular weight excluding hydrogens is 376 g/mol. The van der Waals surface area contributed by atoms with Gasteiger partial charge in [-0.15, -0.1) is 0 Å². The Balaban J connectivity index is 1.64. The van der Waals surface area contributed by atoms with Crippen LogP contribution >= 0.6 is 0 Å². The van der Waals surface area contributed by atoms with Gasteiger partial charge in [-0.25, -0.2) is 0 Å². The Morgan fingerprint density at radius 1 is 1.10 bits per heavy atom. The molecule has 0 amide bonds. The fourth-order valence-corrected chi connectivity index (χ4v) is 9.10. The Hall–Kier alpha value is -0.900. The first-order valence-electron chi connectivity index (χ1n) is 12.5. The molecule has 0 spiro atoms. The Morgan fingerprint density at radius 2 is 1.77 bits per heavy atom. The van der Waals surface area contributed by atoms with Crippen LogP contribution in [0.15, 0.2) is 0 Å². The van der Waals surface area contributed by atoms with Crippen LogP contribution < -0.4 is 0 Å². The predicted molar refractivity (Wildman–Crippen MR) is 117 cm³/mol. The SMILES string of the molecule is CC[C@H]1C(=O)C2C3CC[C@H]([C@H](C)CC(=O)OC)[C@@]3(C)CCC2[C@@]2(C)CC[C@@H](O)C[C@@H]12. The maximum atomic E-state index is 13.9. The maximum Gasteiger partial charge on any atom is 0.305 e. The fourth-order valence-electron chi connectivity index (χ4n) is 9.10. The number of carbonyl (C=O) groups is 2. The zero-order chi connectivity index (χ0) is 21.8. The highest BCUT2D eigenvalue weighted by molar-refractivity contribution is 5.86. The molecular formula is C26H42O4. The first-order chi connectivity index (χ1) is 14.2. The summed E-state index contributed by atoms with van der Waals surface area (Å²) in [5.74, 6) is 2.76. The minimum Gasteiger partial charge on any atom is -0.469 e. The van der Waals surface area contributed by atoms with E-state index in [2.05, 4.69) is 27.7 Å². The second-order valence-electron chi connectivity index (χ2n) is 11.7. The summed E-state index contributed by atoms with van der Waals surface area (Å²) in [6.45, 7) is 9.25. The van der Waals surface area contributed by atoms with E-state index in [0.717, 1.165) is 44.9 Å². The lowest BCUT2D eigenvalue weighted by atomic mass is 9.42. The van der Waals surface area contributed by atoms with Gasteiger partial charge in [0.25, 0.3) is 0 Å². The molecule has 4 nitrogen and oxygen atoms in total. The molecule has 4 aliphatic rings. The van der Waals surface area contributed by atoms with Gasteiger partial charge in [0.2, 0.25) is 0 Å². The fraction of sp³-hybridized carbons (Fsp3) is 0.923. The maximum absolute atomic E-state index is 13.9. The van der Waals surface area contributed by atoms with Crippen molar-refractivity contribution >= 4 is 11.8 Å². The van der Waals surface area contributed by atoms with E-state index >= 15 is 0 Å². The third-order valence-electron chi connectivity index (χ3n) is 10.6. The molecule has 4 fully saturated rings. The van der Waals surface area contributed by atoms with E-state index < -0.39 is 0 Å². The van der Waals surface area contributed by atoms with Gasteiger partial charge in [0.1, 0.15) is 5.78 Å². The van der Waals surface area contributed by atoms with Crippen molar-refractivity contribution in [1.82, 2.24) is 0 Å². The second-order valence-corrected chi connectivity index (χ2v) is 11.7. The standard InChI is InChI=1S/C26H42O4/c1-6-17-21-14-16(27)9-11-26(21,4)20-10-12-25(3)18(15(2)13-22(28)30-5)7-8-19(25)23(20)24(17)29/h15-21,23,27H,6-14H2,1-5H3/t15-,16-,17-,18-,19?,20?,21+,23?,25-,26-/m1/s1. The molecule has 0 aromatic carbocycles. The summed E-state index contributed by atoms with van der Waals surface area (Å²) in [6.07, 6.45) is 8.48. The number of ether oxygens (including phenoxy) is 1. The van der Waals surface area contributed by atoms with Crippen LogP contribution in [0.3, 0.4) is 0 Å². The number of Topliss-reactive ketones (excluding diaryl/α,β-unsaturated/α-hetero) is 1. The van der Waals surface area contributed by atoms with Crippen LogP contribution in [0.5, 0.6) is 0 Å². The number of methoxy groups -OCH3 is 1. The molecule has 4 aliphatic carbocycles. The van der Waals surface area contributed by atoms with Gasteiger partial charge in [-0.1, -0.05) is 27.7 Å². The number of fused-ring (bicyclic) bond motifs is 5. The van der Waals surface area contributed by atoms with E-state index in [9.17, 15) is 14.7 Å². The van der Waals surface area contributed by atoms with E-state index in [-0.39, 0.29) is 34.7 Å². The summed E-state index contributed by atoms with van der Waals surface area (Å²) in [5, 5.41) is 10.4. The van der Waals surface area contributed by atoms with Gasteiger partial charge < -0.3 is 9.84 Å². The van der Waals surface area contributed by atoms with E-state index in [1.807, 2.05) is 0 Å². The molecule has 0 bridgehead atoms. The normalized spacial score (nSPS) is 49.0. The number of aliphatic hydroxyl groups is 1. The molecule has 0 aromatic heterocycles. The summed E-state index contributed by atoms with van der Waals surface area (Å²) in [4.78, 5) is 25.9. The summed E-state index contributed by atoms with van der Waals surface area (Å²) in [5.41, 5.74) is 0.343. The van der Waals surface area contributed by atoms with E-state index in [1.54, 1.807) is 0 Å². The minimum atomic E-state index is -0.231. The van der Waals surface area contributed by atoms with Gasteiger partial charge in [0, 0.05) is 18.3 Å². The largest absolute Gasteiger partial charge is 0.469 e. The molecule has 0 aromatic rings. The van der Waals surface area contributed by atoms with Gasteiger partial charge in [-0.3, -0.25) is 9.59 Å². The number of aliphatic hydroxyl groups excluding tert-OH is 1. The van der Waals surface area contributed by atoms with Crippen molar-refractivity contribution in [3.8, 4) is 0 Å². The van der Waals surface area contributed by atoms with Crippen molar-refractivity contribution in [2.24, 2.45) is 52.3 Å². The first kappa shape index (κ1) is 22.3. The molecule has 3 unspecified atom stereocenters. The average molecular weight is 419 g/mol. The summed E-state index contributed by atoms with van der Waals surface area (Å²) < 4.78 is 4.95. The molecule has 30 heavy (non-hydrogen) atoms. The Kier molecular flexibility index (Phi) is 5.87. The quantitative estimate of drug-likeness (QED) is 0.651. The number of ketones is 1. The van der Waals surface area contributed by atoms with Gasteiger partial charge in [0.05, 0.1) is 13.2 Å². The van der Waals surface area contributed by atoms with Crippen LogP contribution in [-0.2, 0) is 14.3 Å². The lowest BCUT2D eigenvalue weighted by molar-refractivity contribution is -0.173. The lowest BCUT2D eigenvalue weighted by Crippen LogP contribution is -2.60. The lowest BCUT2D eigenvalue weighted by Gasteiger charge is -2.62. The summed E-state index contributed by atoms with van der Waals surface area (Å²) in [6, 6.07) is 0. The van der Waals surface area contributed by atoms with E-state index in [4.69, 9.17) is 4.74 Å². The third kappa shape index (κ3) is 3.19. The van der Waals surface area contributed by atoms with Crippen LogP contribution in [0.2, 0.25) is 0 Å². The molecule has 0 saturated heterocycles. The third-order valence-corrected chi connectivity index (χ3v) is 10.6. The number of rotatable bonds is 4. The average Bonchev–Trinajstić information content (AvgIpc) is 3.06. The molecule has 4 rings (SSSR count). The van der Waals surface area contributed by atoms with Crippen molar-refractivity contribution in [2.75, 3.05) is 7.11 Å². The van der Waals surface area contributed by atoms with Crippen LogP contribution in [0.1, 0.15) is 85.5 Å². The van der Waals surface area contributed by atoms with Gasteiger partial charge >= 0.3 is 5.97 Å². The van der Waals surface area contributed by atoms with Crippen LogP contribution in [0.25, 0.3) is 0 Å². The second kappa shape index (κ2) is 7.90. The predicted octanol–water partition coefficient (Wildman–Crippen LogP) is 5.02. The van der Waals surface area contributed by atoms with Crippen LogP contribution in [0, 0.1) is 52.3 Å². The number of esters is 1. The highest BCUT2D eigenvalue weighted by atomic mass is 16.5. The molecule has 10 atom stereocenters. The Labute approximate surface area is 182 Å². The van der Waals surface area contributed by atoms with Crippen LogP contribution in [-0.4, -0.2) is 30.1 Å². The zero-order valence-electron chi connectivity index (χ0n) is 19.7. The smallest absolute Gasteiger partial charge is 0.305 e. The number of hydrogen-bond donors (Lipinski definition) is 1. The number of hydrogen-bond acceptors (Lipinski definition) is 4.